The Balaban J connectivity index is 1.96. The Morgan fingerprint density at radius 2 is 1.81 bits per heavy atom. The molecule has 0 bridgehead atoms. The van der Waals surface area contributed by atoms with Crippen LogP contribution in [-0.2, 0) is 0 Å². The first-order valence-corrected chi connectivity index (χ1v) is 8.80. The molecule has 0 aliphatic heterocycles. The molecule has 0 radical (unpaired) electrons. The lowest BCUT2D eigenvalue weighted by Gasteiger charge is -2.15. The van der Waals surface area contributed by atoms with E-state index in [1.54, 1.807) is 7.11 Å². The van der Waals surface area contributed by atoms with Crippen LogP contribution in [0.25, 0.3) is 11.3 Å². The summed E-state index contributed by atoms with van der Waals surface area (Å²) < 4.78 is 5.29. The molecule has 3 rings (SSSR count). The molecule has 0 unspecified atom stereocenters. The molecule has 0 saturated carbocycles. The highest BCUT2D eigenvalue weighted by Crippen LogP contribution is 2.25. The van der Waals surface area contributed by atoms with Gasteiger partial charge in [-0.05, 0) is 25.5 Å². The Bertz CT molecular complexity index is 852. The lowest BCUT2D eigenvalue weighted by atomic mass is 10.1. The van der Waals surface area contributed by atoms with Gasteiger partial charge in [0.1, 0.15) is 11.6 Å². The SMILES string of the molecule is CC[C@@H](C)Nc1nc(Nc2cccc(OC)c2)cc(-c2ccccc2)n1. The van der Waals surface area contributed by atoms with Crippen LogP contribution in [0.1, 0.15) is 20.3 Å². The number of aromatic nitrogens is 2. The fraction of sp³-hybridized carbons (Fsp3) is 0.238. The Kier molecular flexibility index (Phi) is 5.69. The molecule has 0 aliphatic carbocycles. The maximum absolute atomic E-state index is 5.29. The number of ether oxygens (including phenoxy) is 1. The molecule has 134 valence electrons. The van der Waals surface area contributed by atoms with Gasteiger partial charge in [0.15, 0.2) is 0 Å². The molecule has 1 aromatic heterocycles. The van der Waals surface area contributed by atoms with E-state index in [2.05, 4.69) is 34.4 Å². The van der Waals surface area contributed by atoms with E-state index in [0.29, 0.717) is 12.0 Å². The lowest BCUT2D eigenvalue weighted by Crippen LogP contribution is -2.16. The Morgan fingerprint density at radius 3 is 2.54 bits per heavy atom. The van der Waals surface area contributed by atoms with Gasteiger partial charge in [-0.1, -0.05) is 43.3 Å². The van der Waals surface area contributed by atoms with Gasteiger partial charge in [-0.15, -0.1) is 0 Å². The smallest absolute Gasteiger partial charge is 0.225 e. The van der Waals surface area contributed by atoms with Gasteiger partial charge in [-0.2, -0.15) is 4.98 Å². The van der Waals surface area contributed by atoms with Crippen molar-refractivity contribution in [3.05, 3.63) is 60.7 Å². The molecule has 0 aliphatic rings. The second kappa shape index (κ2) is 8.34. The van der Waals surface area contributed by atoms with Crippen LogP contribution in [0.4, 0.5) is 17.5 Å². The van der Waals surface area contributed by atoms with Crippen molar-refractivity contribution in [3.63, 3.8) is 0 Å². The van der Waals surface area contributed by atoms with Gasteiger partial charge < -0.3 is 15.4 Å². The van der Waals surface area contributed by atoms with Crippen LogP contribution in [0.15, 0.2) is 60.7 Å². The summed E-state index contributed by atoms with van der Waals surface area (Å²) in [7, 11) is 1.66. The maximum Gasteiger partial charge on any atom is 0.225 e. The fourth-order valence-corrected chi connectivity index (χ4v) is 2.50. The van der Waals surface area contributed by atoms with Crippen molar-refractivity contribution < 1.29 is 4.74 Å². The van der Waals surface area contributed by atoms with E-state index in [-0.39, 0.29) is 0 Å². The van der Waals surface area contributed by atoms with E-state index in [9.17, 15) is 0 Å². The zero-order valence-corrected chi connectivity index (χ0v) is 15.4. The molecule has 5 nitrogen and oxygen atoms in total. The molecule has 0 spiro atoms. The first-order valence-electron chi connectivity index (χ1n) is 8.80. The quantitative estimate of drug-likeness (QED) is 0.621. The van der Waals surface area contributed by atoms with Crippen molar-refractivity contribution in [2.75, 3.05) is 17.7 Å². The first-order chi connectivity index (χ1) is 12.7. The summed E-state index contributed by atoms with van der Waals surface area (Å²) >= 11 is 0. The van der Waals surface area contributed by atoms with E-state index in [1.165, 1.54) is 0 Å². The summed E-state index contributed by atoms with van der Waals surface area (Å²) in [6, 6.07) is 20.1. The van der Waals surface area contributed by atoms with Gasteiger partial charge in [0, 0.05) is 29.4 Å². The summed E-state index contributed by atoms with van der Waals surface area (Å²) in [4.78, 5) is 9.30. The van der Waals surface area contributed by atoms with E-state index in [1.807, 2.05) is 60.7 Å². The number of benzene rings is 2. The number of hydrogen-bond acceptors (Lipinski definition) is 5. The van der Waals surface area contributed by atoms with Gasteiger partial charge in [-0.3, -0.25) is 0 Å². The molecule has 2 N–H and O–H groups in total. The van der Waals surface area contributed by atoms with Crippen molar-refractivity contribution in [3.8, 4) is 17.0 Å². The van der Waals surface area contributed by atoms with Crippen molar-refractivity contribution in [1.82, 2.24) is 9.97 Å². The van der Waals surface area contributed by atoms with Gasteiger partial charge >= 0.3 is 0 Å². The fourth-order valence-electron chi connectivity index (χ4n) is 2.50. The first kappa shape index (κ1) is 17.7. The highest BCUT2D eigenvalue weighted by atomic mass is 16.5. The highest BCUT2D eigenvalue weighted by molar-refractivity contribution is 5.67. The van der Waals surface area contributed by atoms with Crippen molar-refractivity contribution in [1.29, 1.82) is 0 Å². The molecule has 1 heterocycles. The molecule has 1 atom stereocenters. The lowest BCUT2D eigenvalue weighted by molar-refractivity contribution is 0.415. The minimum absolute atomic E-state index is 0.297. The molecule has 0 amide bonds. The second-order valence-corrected chi connectivity index (χ2v) is 6.14. The molecule has 2 aromatic carbocycles. The van der Waals surface area contributed by atoms with Gasteiger partial charge in [0.25, 0.3) is 0 Å². The molecular weight excluding hydrogens is 324 g/mol. The van der Waals surface area contributed by atoms with Gasteiger partial charge in [0.2, 0.25) is 5.95 Å². The van der Waals surface area contributed by atoms with Crippen LogP contribution in [0, 0.1) is 0 Å². The summed E-state index contributed by atoms with van der Waals surface area (Å²) in [6.45, 7) is 4.25. The summed E-state index contributed by atoms with van der Waals surface area (Å²) in [5.41, 5.74) is 2.84. The Hall–Kier alpha value is -3.08. The zero-order chi connectivity index (χ0) is 18.4. The molecule has 5 heteroatoms. The predicted molar refractivity (Wildman–Crippen MR) is 107 cm³/mol. The van der Waals surface area contributed by atoms with Crippen LogP contribution in [0.2, 0.25) is 0 Å². The molecular formula is C21H24N4O. The van der Waals surface area contributed by atoms with Crippen molar-refractivity contribution in [2.24, 2.45) is 0 Å². The van der Waals surface area contributed by atoms with E-state index >= 15 is 0 Å². The maximum atomic E-state index is 5.29. The number of nitrogens with one attached hydrogen (secondary N) is 2. The third-order valence-corrected chi connectivity index (χ3v) is 4.13. The normalized spacial score (nSPS) is 11.7. The van der Waals surface area contributed by atoms with Crippen LogP contribution < -0.4 is 15.4 Å². The number of rotatable bonds is 7. The summed E-state index contributed by atoms with van der Waals surface area (Å²) in [5.74, 6) is 2.15. The predicted octanol–water partition coefficient (Wildman–Crippen LogP) is 5.11. The largest absolute Gasteiger partial charge is 0.497 e. The topological polar surface area (TPSA) is 59.1 Å². The Morgan fingerprint density at radius 1 is 1.00 bits per heavy atom. The average molecular weight is 348 g/mol. The molecule has 0 saturated heterocycles. The third kappa shape index (κ3) is 4.51. The molecule has 0 fully saturated rings. The summed E-state index contributed by atoms with van der Waals surface area (Å²) in [5, 5.41) is 6.71. The Labute approximate surface area is 154 Å². The molecule has 3 aromatic rings. The zero-order valence-electron chi connectivity index (χ0n) is 15.4. The third-order valence-electron chi connectivity index (χ3n) is 4.13. The average Bonchev–Trinajstić information content (AvgIpc) is 2.68. The van der Waals surface area contributed by atoms with Gasteiger partial charge in [-0.25, -0.2) is 4.98 Å². The van der Waals surface area contributed by atoms with E-state index in [0.717, 1.165) is 34.9 Å². The number of nitrogens with zero attached hydrogens (tertiary/aromatic N) is 2. The number of anilines is 3. The van der Waals surface area contributed by atoms with Crippen LogP contribution in [0.3, 0.4) is 0 Å². The van der Waals surface area contributed by atoms with Gasteiger partial charge in [0.05, 0.1) is 12.8 Å². The second-order valence-electron chi connectivity index (χ2n) is 6.14. The van der Waals surface area contributed by atoms with E-state index in [4.69, 9.17) is 4.74 Å². The minimum Gasteiger partial charge on any atom is -0.497 e. The van der Waals surface area contributed by atoms with E-state index < -0.39 is 0 Å². The molecule has 26 heavy (non-hydrogen) atoms. The van der Waals surface area contributed by atoms with Crippen molar-refractivity contribution in [2.45, 2.75) is 26.3 Å². The number of methoxy groups -OCH3 is 1. The van der Waals surface area contributed by atoms with Crippen LogP contribution in [0.5, 0.6) is 5.75 Å². The highest BCUT2D eigenvalue weighted by Gasteiger charge is 2.09. The van der Waals surface area contributed by atoms with Crippen LogP contribution in [-0.4, -0.2) is 23.1 Å². The minimum atomic E-state index is 0.297. The summed E-state index contributed by atoms with van der Waals surface area (Å²) in [6.07, 6.45) is 0.998. The van der Waals surface area contributed by atoms with Crippen LogP contribution >= 0.6 is 0 Å². The van der Waals surface area contributed by atoms with Crippen molar-refractivity contribution >= 4 is 17.5 Å². The standard InChI is InChI=1S/C21H24N4O/c1-4-15(2)22-21-24-19(16-9-6-5-7-10-16)14-20(25-21)23-17-11-8-12-18(13-17)26-3/h5-15H,4H2,1-3H3,(H2,22,23,24,25)/t15-/m1/s1. The monoisotopic (exact) mass is 348 g/mol. The number of hydrogen-bond donors (Lipinski definition) is 2.